The van der Waals surface area contributed by atoms with Crippen LogP contribution in [0.4, 0.5) is 0 Å². The number of rotatable bonds is 1. The molecule has 99 valence electrons. The predicted molar refractivity (Wildman–Crippen MR) is 85.3 cm³/mol. The van der Waals surface area contributed by atoms with Gasteiger partial charge >= 0.3 is 18.6 Å². The maximum Gasteiger partial charge on any atom is 2.00 e. The Bertz CT molecular complexity index is 1040. The van der Waals surface area contributed by atoms with E-state index in [1.165, 1.54) is 0 Å². The van der Waals surface area contributed by atoms with Crippen LogP contribution in [0.25, 0.3) is 33.1 Å². The van der Waals surface area contributed by atoms with Gasteiger partial charge in [0.2, 0.25) is 0 Å². The fourth-order valence-corrected chi connectivity index (χ4v) is 3.03. The second-order valence-corrected chi connectivity index (χ2v) is 5.12. The van der Waals surface area contributed by atoms with E-state index in [1.54, 1.807) is 10.5 Å². The molecule has 4 rings (SSSR count). The predicted octanol–water partition coefficient (Wildman–Crippen LogP) is 4.01. The second kappa shape index (κ2) is 5.34. The quantitative estimate of drug-likeness (QED) is 0.365. The van der Waals surface area contributed by atoms with Crippen molar-refractivity contribution in [1.29, 1.82) is 0 Å². The monoisotopic (exact) mass is 372 g/mol. The number of pyridine rings is 1. The zero-order valence-electron chi connectivity index (χ0n) is 10.8. The van der Waals surface area contributed by atoms with Crippen LogP contribution >= 0.6 is 15.9 Å². The van der Waals surface area contributed by atoms with Crippen LogP contribution in [0.1, 0.15) is 5.56 Å². The molecule has 0 N–H and O–H groups in total. The summed E-state index contributed by atoms with van der Waals surface area (Å²) in [7, 11) is 0. The number of halogens is 1. The zero-order valence-corrected chi connectivity index (χ0v) is 13.8. The molecule has 2 nitrogen and oxygen atoms in total. The summed E-state index contributed by atoms with van der Waals surface area (Å²) in [4.78, 5) is 15.4. The minimum Gasteiger partial charge on any atom is -0.402 e. The van der Waals surface area contributed by atoms with E-state index in [1.807, 2.05) is 42.5 Å². The van der Waals surface area contributed by atoms with Gasteiger partial charge < -0.3 is 9.20 Å². The molecule has 21 heavy (non-hydrogen) atoms. The van der Waals surface area contributed by atoms with Crippen molar-refractivity contribution in [2.75, 3.05) is 0 Å². The summed E-state index contributed by atoms with van der Waals surface area (Å²) in [5.74, 6) is 0. The fraction of sp³-hybridized carbons (Fsp3) is 0. The summed E-state index contributed by atoms with van der Waals surface area (Å²) < 4.78 is 1.61. The van der Waals surface area contributed by atoms with Gasteiger partial charge in [-0.3, -0.25) is 11.6 Å². The van der Waals surface area contributed by atoms with E-state index in [9.17, 15) is 4.79 Å². The first-order valence-electron chi connectivity index (χ1n) is 6.21. The molecule has 0 aliphatic rings. The van der Waals surface area contributed by atoms with Crippen molar-refractivity contribution in [1.82, 2.24) is 4.40 Å². The molecule has 2 aromatic carbocycles. The average Bonchev–Trinajstić information content (AvgIpc) is 2.86. The smallest absolute Gasteiger partial charge is 0.402 e. The Morgan fingerprint density at radius 2 is 1.67 bits per heavy atom. The molecule has 0 saturated carbocycles. The first kappa shape index (κ1) is 14.4. The van der Waals surface area contributed by atoms with Crippen molar-refractivity contribution >= 4 is 49.1 Å². The first-order chi connectivity index (χ1) is 9.81. The third kappa shape index (κ3) is 1.96. The molecule has 0 aliphatic carbocycles. The van der Waals surface area contributed by atoms with E-state index >= 15 is 0 Å². The summed E-state index contributed by atoms with van der Waals surface area (Å²) in [6.07, 6.45) is 4.93. The Hall–Kier alpha value is -1.55. The van der Waals surface area contributed by atoms with Gasteiger partial charge in [0.25, 0.3) is 0 Å². The van der Waals surface area contributed by atoms with Crippen LogP contribution in [-0.4, -0.2) is 4.40 Å². The third-order valence-electron chi connectivity index (χ3n) is 3.63. The zero-order chi connectivity index (χ0) is 13.7. The molecule has 1 radical (unpaired) electrons. The summed E-state index contributed by atoms with van der Waals surface area (Å²) in [6, 6.07) is 13.8. The molecule has 0 fully saturated rings. The Balaban J connectivity index is 0.00000132. The minimum atomic E-state index is -0.0291. The standard InChI is InChI=1S/C17H8BrNO.V/c18-9-8-11-10-19-16-12(11)6-3-7-14(16)13-4-1-2-5-15(13)17(19)20;/h1-8H;/q-2;+2. The number of aromatic nitrogens is 1. The number of hydrogen-bond donors (Lipinski definition) is 0. The molecular formula is C17H8BrNOV. The molecule has 0 aliphatic heterocycles. The largest absolute Gasteiger partial charge is 2.00 e. The summed E-state index contributed by atoms with van der Waals surface area (Å²) >= 11 is 3.16. The molecule has 0 saturated heterocycles. The maximum absolute atomic E-state index is 12.6. The number of para-hydroxylation sites is 1. The summed E-state index contributed by atoms with van der Waals surface area (Å²) in [6.45, 7) is 0. The van der Waals surface area contributed by atoms with Gasteiger partial charge in [0.05, 0.1) is 0 Å². The van der Waals surface area contributed by atoms with E-state index in [0.717, 1.165) is 32.6 Å². The average molecular weight is 373 g/mol. The van der Waals surface area contributed by atoms with Crippen LogP contribution in [0.15, 0.2) is 47.3 Å². The van der Waals surface area contributed by atoms with Crippen molar-refractivity contribution in [3.05, 3.63) is 69.6 Å². The van der Waals surface area contributed by atoms with Crippen LogP contribution < -0.4 is 5.56 Å². The molecule has 0 unspecified atom stereocenters. The van der Waals surface area contributed by atoms with Crippen LogP contribution in [0.2, 0.25) is 0 Å². The van der Waals surface area contributed by atoms with E-state index in [2.05, 4.69) is 27.1 Å². The fourth-order valence-electron chi connectivity index (χ4n) is 2.80. The van der Waals surface area contributed by atoms with Crippen molar-refractivity contribution in [3.8, 4) is 0 Å². The van der Waals surface area contributed by atoms with Gasteiger partial charge in [-0.25, -0.2) is 20.9 Å². The molecule has 4 heteroatoms. The molecule has 4 aromatic rings. The molecule has 0 bridgehead atoms. The molecule has 2 heterocycles. The topological polar surface area (TPSA) is 21.5 Å². The van der Waals surface area contributed by atoms with E-state index in [-0.39, 0.29) is 24.1 Å². The molecule has 0 amide bonds. The minimum absolute atomic E-state index is 0. The molecule has 0 spiro atoms. The van der Waals surface area contributed by atoms with E-state index in [0.29, 0.717) is 0 Å². The Morgan fingerprint density at radius 3 is 2.43 bits per heavy atom. The number of benzene rings is 2. The van der Waals surface area contributed by atoms with Gasteiger partial charge in [-0.1, -0.05) is 41.9 Å². The molecule has 2 aromatic heterocycles. The van der Waals surface area contributed by atoms with Crippen LogP contribution in [0, 0.1) is 11.2 Å². The van der Waals surface area contributed by atoms with Crippen LogP contribution in [-0.2, 0) is 18.6 Å². The molecular weight excluding hydrogens is 365 g/mol. The first-order valence-corrected chi connectivity index (χ1v) is 7.01. The van der Waals surface area contributed by atoms with E-state index in [4.69, 9.17) is 0 Å². The van der Waals surface area contributed by atoms with Gasteiger partial charge in [0.15, 0.2) is 5.56 Å². The number of fused-ring (bicyclic) bond motifs is 2. The number of hydrogen-bond acceptors (Lipinski definition) is 1. The van der Waals surface area contributed by atoms with Gasteiger partial charge in [0.1, 0.15) is 0 Å². The van der Waals surface area contributed by atoms with E-state index < -0.39 is 0 Å². The van der Waals surface area contributed by atoms with Crippen LogP contribution in [0.3, 0.4) is 0 Å². The van der Waals surface area contributed by atoms with Crippen molar-refractivity contribution in [3.63, 3.8) is 0 Å². The Kier molecular flexibility index (Phi) is 3.66. The SMILES string of the molecule is O=c1c2ccccc2c2cccc3c(C=[C-]Br)[c-]n1c32.[V+2]. The maximum atomic E-state index is 12.6. The summed E-state index contributed by atoms with van der Waals surface area (Å²) in [5.41, 5.74) is 1.75. The van der Waals surface area contributed by atoms with Gasteiger partial charge in [-0.15, -0.1) is 12.3 Å². The van der Waals surface area contributed by atoms with Crippen molar-refractivity contribution in [2.24, 2.45) is 0 Å². The van der Waals surface area contributed by atoms with Crippen molar-refractivity contribution in [2.45, 2.75) is 0 Å². The third-order valence-corrected chi connectivity index (χ3v) is 3.86. The van der Waals surface area contributed by atoms with Crippen molar-refractivity contribution < 1.29 is 18.6 Å². The van der Waals surface area contributed by atoms with Gasteiger partial charge in [-0.05, 0) is 10.8 Å². The second-order valence-electron chi connectivity index (χ2n) is 4.67. The van der Waals surface area contributed by atoms with Crippen LogP contribution in [0.5, 0.6) is 0 Å². The Morgan fingerprint density at radius 1 is 1.00 bits per heavy atom. The summed E-state index contributed by atoms with van der Waals surface area (Å²) in [5, 5.41) is 3.79. The van der Waals surface area contributed by atoms with Gasteiger partial charge in [0, 0.05) is 5.39 Å². The molecule has 0 atom stereocenters. The Labute approximate surface area is 141 Å². The number of nitrogens with zero attached hydrogens (tertiary/aromatic N) is 1. The van der Waals surface area contributed by atoms with Gasteiger partial charge in [-0.2, -0.15) is 5.39 Å². The normalized spacial score (nSPS) is 11.7.